The van der Waals surface area contributed by atoms with E-state index in [0.717, 1.165) is 44.5 Å². The lowest BCUT2D eigenvalue weighted by Gasteiger charge is -2.31. The van der Waals surface area contributed by atoms with E-state index in [1.54, 1.807) is 18.3 Å². The lowest BCUT2D eigenvalue weighted by atomic mass is 9.88. The number of pyridine rings is 1. The quantitative estimate of drug-likeness (QED) is 0.820. The highest BCUT2D eigenvalue weighted by molar-refractivity contribution is 5.97. The molecule has 1 aromatic carbocycles. The van der Waals surface area contributed by atoms with Crippen LogP contribution in [0.5, 0.6) is 0 Å². The van der Waals surface area contributed by atoms with E-state index >= 15 is 0 Å². The first kappa shape index (κ1) is 17.7. The summed E-state index contributed by atoms with van der Waals surface area (Å²) in [5, 5.41) is 0. The maximum absolute atomic E-state index is 13.0. The molecule has 1 aromatic heterocycles. The molecule has 1 fully saturated rings. The predicted octanol–water partition coefficient (Wildman–Crippen LogP) is 3.21. The third-order valence-corrected chi connectivity index (χ3v) is 4.96. The fourth-order valence-corrected chi connectivity index (χ4v) is 3.35. The summed E-state index contributed by atoms with van der Waals surface area (Å²) in [4.78, 5) is 19.0. The second-order valence-electron chi connectivity index (χ2n) is 6.67. The van der Waals surface area contributed by atoms with E-state index in [9.17, 15) is 9.18 Å². The number of carbonyl (C=O) groups is 1. The molecular weight excluding hydrogens is 317 g/mol. The molecule has 1 aliphatic heterocycles. The first-order valence-corrected chi connectivity index (χ1v) is 8.81. The minimum absolute atomic E-state index is 0.00716. The molecule has 0 saturated carbocycles. The van der Waals surface area contributed by atoms with Crippen LogP contribution in [0.25, 0.3) is 0 Å². The van der Waals surface area contributed by atoms with Crippen molar-refractivity contribution in [2.45, 2.75) is 25.3 Å². The number of hydrogen-bond donors (Lipinski definition) is 1. The van der Waals surface area contributed by atoms with Gasteiger partial charge in [-0.25, -0.2) is 4.39 Å². The number of nitrogens with zero attached hydrogens (tertiary/aromatic N) is 2. The molecule has 2 aromatic rings. The van der Waals surface area contributed by atoms with Crippen molar-refractivity contribution in [1.82, 2.24) is 9.88 Å². The summed E-state index contributed by atoms with van der Waals surface area (Å²) in [6.45, 7) is 2.72. The van der Waals surface area contributed by atoms with Gasteiger partial charge in [-0.15, -0.1) is 0 Å². The molecule has 5 heteroatoms. The van der Waals surface area contributed by atoms with Gasteiger partial charge in [0.2, 0.25) is 0 Å². The first-order valence-electron chi connectivity index (χ1n) is 8.81. The number of ketones is 1. The Kier molecular flexibility index (Phi) is 5.89. The van der Waals surface area contributed by atoms with Crippen LogP contribution in [-0.4, -0.2) is 35.3 Å². The van der Waals surface area contributed by atoms with Crippen LogP contribution in [-0.2, 0) is 0 Å². The number of rotatable bonds is 6. The van der Waals surface area contributed by atoms with Gasteiger partial charge in [0.25, 0.3) is 0 Å². The largest absolute Gasteiger partial charge is 0.324 e. The third kappa shape index (κ3) is 4.71. The molecule has 0 amide bonds. The van der Waals surface area contributed by atoms with E-state index in [1.165, 1.54) is 12.1 Å². The molecule has 2 N–H and O–H groups in total. The van der Waals surface area contributed by atoms with Crippen molar-refractivity contribution >= 4 is 5.78 Å². The van der Waals surface area contributed by atoms with Gasteiger partial charge in [0.05, 0.1) is 0 Å². The summed E-state index contributed by atoms with van der Waals surface area (Å²) in [5.74, 6) is -0.142. The van der Waals surface area contributed by atoms with Crippen molar-refractivity contribution in [3.8, 4) is 0 Å². The molecule has 2 heterocycles. The van der Waals surface area contributed by atoms with Crippen LogP contribution in [0.15, 0.2) is 48.8 Å². The van der Waals surface area contributed by atoms with Crippen molar-refractivity contribution in [2.75, 3.05) is 19.6 Å². The fourth-order valence-electron chi connectivity index (χ4n) is 3.35. The van der Waals surface area contributed by atoms with Gasteiger partial charge in [-0.3, -0.25) is 9.78 Å². The van der Waals surface area contributed by atoms with E-state index in [-0.39, 0.29) is 23.6 Å². The first-order chi connectivity index (χ1) is 12.1. The molecule has 0 radical (unpaired) electrons. The van der Waals surface area contributed by atoms with E-state index in [0.29, 0.717) is 5.56 Å². The second-order valence-corrected chi connectivity index (χ2v) is 6.67. The van der Waals surface area contributed by atoms with Gasteiger partial charge < -0.3 is 10.6 Å². The molecule has 4 nitrogen and oxygen atoms in total. The zero-order valence-corrected chi connectivity index (χ0v) is 14.3. The van der Waals surface area contributed by atoms with E-state index < -0.39 is 0 Å². The summed E-state index contributed by atoms with van der Waals surface area (Å²) in [6, 6.07) is 9.76. The lowest BCUT2D eigenvalue weighted by molar-refractivity contribution is 0.0838. The highest BCUT2D eigenvalue weighted by Gasteiger charge is 2.25. The maximum atomic E-state index is 13.0. The van der Waals surface area contributed by atoms with Crippen LogP contribution in [0.1, 0.15) is 41.2 Å². The molecule has 132 valence electrons. The number of nitrogens with two attached hydrogens (primary N) is 1. The fraction of sp³-hybridized carbons (Fsp3) is 0.400. The van der Waals surface area contributed by atoms with Crippen LogP contribution in [0.3, 0.4) is 0 Å². The summed E-state index contributed by atoms with van der Waals surface area (Å²) >= 11 is 0. The number of Topliss-reactive ketones (excluding diaryl/α,β-unsaturated/α-hetero) is 1. The molecule has 25 heavy (non-hydrogen) atoms. The lowest BCUT2D eigenvalue weighted by Crippen LogP contribution is -2.37. The zero-order valence-electron chi connectivity index (χ0n) is 14.3. The van der Waals surface area contributed by atoms with Crippen molar-refractivity contribution < 1.29 is 9.18 Å². The maximum Gasteiger partial charge on any atom is 0.166 e. The normalized spacial score (nSPS) is 17.4. The van der Waals surface area contributed by atoms with Crippen molar-refractivity contribution in [3.63, 3.8) is 0 Å². The predicted molar refractivity (Wildman–Crippen MR) is 95.7 cm³/mol. The molecule has 1 atom stereocenters. The average Bonchev–Trinajstić information content (AvgIpc) is 2.67. The molecule has 1 aliphatic rings. The van der Waals surface area contributed by atoms with Crippen LogP contribution < -0.4 is 5.73 Å². The second kappa shape index (κ2) is 8.32. The Morgan fingerprint density at radius 2 is 1.96 bits per heavy atom. The highest BCUT2D eigenvalue weighted by atomic mass is 19.1. The Morgan fingerprint density at radius 3 is 2.60 bits per heavy atom. The highest BCUT2D eigenvalue weighted by Crippen LogP contribution is 2.23. The number of likely N-dealkylation sites (tertiary alicyclic amines) is 1. The van der Waals surface area contributed by atoms with E-state index in [2.05, 4.69) is 9.88 Å². The van der Waals surface area contributed by atoms with Crippen LogP contribution in [0.4, 0.5) is 4.39 Å². The number of piperidine rings is 1. The number of hydrogen-bond acceptors (Lipinski definition) is 4. The van der Waals surface area contributed by atoms with Crippen molar-refractivity contribution in [3.05, 3.63) is 65.7 Å². The molecule has 3 rings (SSSR count). The summed E-state index contributed by atoms with van der Waals surface area (Å²) in [7, 11) is 0. The zero-order chi connectivity index (χ0) is 17.6. The van der Waals surface area contributed by atoms with Crippen LogP contribution in [0, 0.1) is 11.7 Å². The van der Waals surface area contributed by atoms with Gasteiger partial charge in [-0.05, 0) is 74.8 Å². The van der Waals surface area contributed by atoms with E-state index in [4.69, 9.17) is 5.73 Å². The Labute approximate surface area is 147 Å². The standard InChI is InChI=1S/C20H24FN3O/c21-18-5-3-15(4-6-18)20(25)16-7-11-24(12-8-16)13-9-19(22)17-2-1-10-23-14-17/h1-6,10,14,16,19H,7-9,11-13,22H2. The van der Waals surface area contributed by atoms with Gasteiger partial charge in [0.15, 0.2) is 5.78 Å². The van der Waals surface area contributed by atoms with Gasteiger partial charge in [0, 0.05) is 29.9 Å². The number of benzene rings is 1. The summed E-state index contributed by atoms with van der Waals surface area (Å²) in [5.41, 5.74) is 7.89. The Morgan fingerprint density at radius 1 is 1.24 bits per heavy atom. The molecule has 0 bridgehead atoms. The van der Waals surface area contributed by atoms with Gasteiger partial charge in [0.1, 0.15) is 5.82 Å². The molecular formula is C20H24FN3O. The Hall–Kier alpha value is -2.11. The van der Waals surface area contributed by atoms with E-state index in [1.807, 2.05) is 18.3 Å². The van der Waals surface area contributed by atoms with Gasteiger partial charge in [-0.1, -0.05) is 6.07 Å². The molecule has 0 spiro atoms. The Bertz CT molecular complexity index is 682. The van der Waals surface area contributed by atoms with Crippen molar-refractivity contribution in [2.24, 2.45) is 11.7 Å². The number of carbonyl (C=O) groups excluding carboxylic acids is 1. The molecule has 1 unspecified atom stereocenters. The average molecular weight is 341 g/mol. The van der Waals surface area contributed by atoms with Gasteiger partial charge in [-0.2, -0.15) is 0 Å². The molecule has 1 saturated heterocycles. The minimum atomic E-state index is -0.309. The summed E-state index contributed by atoms with van der Waals surface area (Å²) < 4.78 is 13.0. The van der Waals surface area contributed by atoms with Gasteiger partial charge >= 0.3 is 0 Å². The number of aromatic nitrogens is 1. The topological polar surface area (TPSA) is 59.2 Å². The molecule has 0 aliphatic carbocycles. The summed E-state index contributed by atoms with van der Waals surface area (Å²) in [6.07, 6.45) is 6.14. The van der Waals surface area contributed by atoms with Crippen LogP contribution >= 0.6 is 0 Å². The third-order valence-electron chi connectivity index (χ3n) is 4.96. The number of halogens is 1. The van der Waals surface area contributed by atoms with Crippen LogP contribution in [0.2, 0.25) is 0 Å². The minimum Gasteiger partial charge on any atom is -0.324 e. The smallest absolute Gasteiger partial charge is 0.166 e. The Balaban J connectivity index is 1.45. The van der Waals surface area contributed by atoms with Crippen molar-refractivity contribution in [1.29, 1.82) is 0 Å². The monoisotopic (exact) mass is 341 g/mol. The SMILES string of the molecule is NC(CCN1CCC(C(=O)c2ccc(F)cc2)CC1)c1cccnc1.